The Kier molecular flexibility index (Phi) is 6.74. The molecule has 11 heteroatoms. The topological polar surface area (TPSA) is 110 Å². The maximum atomic E-state index is 12.7. The summed E-state index contributed by atoms with van der Waals surface area (Å²) in [5.41, 5.74) is -0.534. The van der Waals surface area contributed by atoms with Gasteiger partial charge in [0, 0.05) is 18.3 Å². The Balaban J connectivity index is 2.38. The van der Waals surface area contributed by atoms with Crippen molar-refractivity contribution in [1.82, 2.24) is 14.5 Å². The Morgan fingerprint density at radius 2 is 1.96 bits per heavy atom. The maximum Gasteiger partial charge on any atom is 0.277 e. The van der Waals surface area contributed by atoms with Crippen LogP contribution in [0.3, 0.4) is 0 Å². The average Bonchev–Trinajstić information content (AvgIpc) is 2.98. The van der Waals surface area contributed by atoms with Crippen molar-refractivity contribution in [2.75, 3.05) is 5.75 Å². The first kappa shape index (κ1) is 21.5. The molecule has 1 aromatic carbocycles. The van der Waals surface area contributed by atoms with Gasteiger partial charge in [0.05, 0.1) is 15.8 Å². The quantitative estimate of drug-likeness (QED) is 0.488. The first-order valence-electron chi connectivity index (χ1n) is 8.08. The zero-order valence-corrected chi connectivity index (χ0v) is 17.2. The smallest absolute Gasteiger partial charge is 0.277 e. The molecular formula is C16H19Cl2N3O5S. The number of aromatic nitrogens is 2. The second-order valence-corrected chi connectivity index (χ2v) is 8.41. The molecule has 0 amide bonds. The molecule has 0 aliphatic rings. The number of benzene rings is 1. The number of aryl methyl sites for hydroxylation is 1. The van der Waals surface area contributed by atoms with Crippen LogP contribution in [0.15, 0.2) is 23.1 Å². The number of ether oxygens (including phenoxy) is 1. The van der Waals surface area contributed by atoms with Crippen molar-refractivity contribution in [2.45, 2.75) is 33.5 Å². The highest BCUT2D eigenvalue weighted by atomic mass is 35.5. The molecule has 0 bridgehead atoms. The molecule has 2 aromatic rings. The minimum atomic E-state index is -3.52. The van der Waals surface area contributed by atoms with Crippen molar-refractivity contribution >= 4 is 39.0 Å². The molecule has 1 heterocycles. The van der Waals surface area contributed by atoms with Crippen LogP contribution in [0.2, 0.25) is 10.0 Å². The summed E-state index contributed by atoms with van der Waals surface area (Å²) >= 11 is 12.4. The van der Waals surface area contributed by atoms with Gasteiger partial charge in [-0.05, 0) is 32.9 Å². The van der Waals surface area contributed by atoms with E-state index >= 15 is 0 Å². The van der Waals surface area contributed by atoms with Gasteiger partial charge in [0.15, 0.2) is 12.0 Å². The maximum absolute atomic E-state index is 12.7. The highest BCUT2D eigenvalue weighted by molar-refractivity contribution is 7.89. The summed E-state index contributed by atoms with van der Waals surface area (Å²) in [5, 5.41) is 2.67. The van der Waals surface area contributed by atoms with E-state index in [1.165, 1.54) is 36.9 Å². The number of ketones is 1. The zero-order valence-electron chi connectivity index (χ0n) is 14.9. The fourth-order valence-corrected chi connectivity index (χ4v) is 3.57. The molecule has 0 aliphatic carbocycles. The van der Waals surface area contributed by atoms with Gasteiger partial charge in [0.25, 0.3) is 5.56 Å². The third kappa shape index (κ3) is 4.73. The molecular weight excluding hydrogens is 417 g/mol. The number of rotatable bonds is 8. The molecule has 0 fully saturated rings. The van der Waals surface area contributed by atoms with E-state index in [-0.39, 0.29) is 32.7 Å². The molecule has 0 aliphatic heterocycles. The first-order valence-corrected chi connectivity index (χ1v) is 10.5. The van der Waals surface area contributed by atoms with Gasteiger partial charge >= 0.3 is 0 Å². The van der Waals surface area contributed by atoms with Gasteiger partial charge in [-0.15, -0.1) is 0 Å². The third-order valence-electron chi connectivity index (χ3n) is 3.72. The molecule has 2 N–H and O–H groups in total. The van der Waals surface area contributed by atoms with E-state index in [1.807, 2.05) is 0 Å². The van der Waals surface area contributed by atoms with Crippen LogP contribution in [0, 0.1) is 0 Å². The summed E-state index contributed by atoms with van der Waals surface area (Å²) in [7, 11) is -3.52. The average molecular weight is 436 g/mol. The van der Waals surface area contributed by atoms with E-state index in [1.54, 1.807) is 6.92 Å². The molecule has 0 saturated carbocycles. The van der Waals surface area contributed by atoms with Gasteiger partial charge in [-0.2, -0.15) is 4.72 Å². The number of carbonyl (C=O) groups is 1. The molecule has 148 valence electrons. The molecule has 1 aromatic heterocycles. The summed E-state index contributed by atoms with van der Waals surface area (Å²) in [6.07, 6.45) is 0.331. The number of sulfonamides is 1. The van der Waals surface area contributed by atoms with Gasteiger partial charge in [0.2, 0.25) is 15.8 Å². The second-order valence-electron chi connectivity index (χ2n) is 5.59. The van der Waals surface area contributed by atoms with Crippen LogP contribution >= 0.6 is 23.2 Å². The minimum absolute atomic E-state index is 0.0148. The third-order valence-corrected chi connectivity index (χ3v) is 5.84. The molecule has 8 nitrogen and oxygen atoms in total. The van der Waals surface area contributed by atoms with Crippen molar-refractivity contribution < 1.29 is 17.9 Å². The lowest BCUT2D eigenvalue weighted by atomic mass is 10.1. The normalized spacial score (nSPS) is 12.8. The Hall–Kier alpha value is -1.81. The monoisotopic (exact) mass is 435 g/mol. The van der Waals surface area contributed by atoms with Gasteiger partial charge < -0.3 is 9.84 Å². The van der Waals surface area contributed by atoms with E-state index < -0.39 is 27.6 Å². The first-order chi connectivity index (χ1) is 12.6. The van der Waals surface area contributed by atoms with E-state index in [2.05, 4.69) is 9.82 Å². The SMILES string of the molecule is CCn1[nH]cc(C(=O)c2ccc(Cl)c(OC(C)NS(=O)(=O)CC)c2Cl)c1=O. The largest absolute Gasteiger partial charge is 0.471 e. The zero-order chi connectivity index (χ0) is 20.4. The molecule has 1 unspecified atom stereocenters. The molecule has 27 heavy (non-hydrogen) atoms. The number of H-pyrrole nitrogens is 1. The molecule has 0 radical (unpaired) electrons. The van der Waals surface area contributed by atoms with Crippen LogP contribution in [0.5, 0.6) is 5.75 Å². The van der Waals surface area contributed by atoms with Crippen LogP contribution in [0.4, 0.5) is 0 Å². The summed E-state index contributed by atoms with van der Waals surface area (Å²) in [4.78, 5) is 24.9. The van der Waals surface area contributed by atoms with Crippen molar-refractivity contribution in [2.24, 2.45) is 0 Å². The minimum Gasteiger partial charge on any atom is -0.471 e. The van der Waals surface area contributed by atoms with Gasteiger partial charge in [0.1, 0.15) is 5.56 Å². The Bertz CT molecular complexity index is 1010. The number of aromatic amines is 1. The summed E-state index contributed by atoms with van der Waals surface area (Å²) in [5.74, 6) is -0.781. The second kappa shape index (κ2) is 8.47. The van der Waals surface area contributed by atoms with Crippen molar-refractivity contribution in [3.8, 4) is 5.75 Å². The van der Waals surface area contributed by atoms with E-state index in [9.17, 15) is 18.0 Å². The van der Waals surface area contributed by atoms with Crippen molar-refractivity contribution in [1.29, 1.82) is 0 Å². The van der Waals surface area contributed by atoms with Gasteiger partial charge in [-0.3, -0.25) is 14.3 Å². The lowest BCUT2D eigenvalue weighted by Crippen LogP contribution is -2.37. The highest BCUT2D eigenvalue weighted by Gasteiger charge is 2.24. The molecule has 0 spiro atoms. The van der Waals surface area contributed by atoms with Crippen LogP contribution in [-0.2, 0) is 16.6 Å². The van der Waals surface area contributed by atoms with Crippen LogP contribution in [-0.4, -0.2) is 36.0 Å². The van der Waals surface area contributed by atoms with E-state index in [0.717, 1.165) is 0 Å². The highest BCUT2D eigenvalue weighted by Crippen LogP contribution is 2.36. The Labute approximate surface area is 166 Å². The molecule has 2 rings (SSSR count). The van der Waals surface area contributed by atoms with E-state index in [0.29, 0.717) is 6.54 Å². The van der Waals surface area contributed by atoms with Crippen molar-refractivity contribution in [3.05, 3.63) is 49.9 Å². The van der Waals surface area contributed by atoms with Crippen molar-refractivity contribution in [3.63, 3.8) is 0 Å². The molecule has 1 atom stereocenters. The summed E-state index contributed by atoms with van der Waals surface area (Å²) in [6, 6.07) is 2.77. The van der Waals surface area contributed by atoms with Gasteiger partial charge in [-0.1, -0.05) is 23.2 Å². The lowest BCUT2D eigenvalue weighted by molar-refractivity contribution is 0.103. The Morgan fingerprint density at radius 3 is 2.52 bits per heavy atom. The van der Waals surface area contributed by atoms with Crippen LogP contribution < -0.4 is 15.0 Å². The lowest BCUT2D eigenvalue weighted by Gasteiger charge is -2.18. The number of nitrogens with one attached hydrogen (secondary N) is 2. The number of hydrogen-bond acceptors (Lipinski definition) is 5. The fraction of sp³-hybridized carbons (Fsp3) is 0.375. The van der Waals surface area contributed by atoms with Crippen LogP contribution in [0.25, 0.3) is 0 Å². The number of halogens is 2. The number of hydrogen-bond donors (Lipinski definition) is 2. The fourth-order valence-electron chi connectivity index (χ4n) is 2.30. The summed E-state index contributed by atoms with van der Waals surface area (Å²) in [6.45, 7) is 5.07. The molecule has 0 saturated heterocycles. The predicted octanol–water partition coefficient (Wildman–Crippen LogP) is 2.40. The standard InChI is InChI=1S/C16H19Cl2N3O5S/c1-4-21-16(23)11(8-19-21)14(22)10-6-7-12(17)15(13(10)18)26-9(3)20-27(24,25)5-2/h6-9,19-20H,4-5H2,1-3H3. The predicted molar refractivity (Wildman–Crippen MR) is 103 cm³/mol. The number of nitrogens with zero attached hydrogens (tertiary/aromatic N) is 1. The number of carbonyl (C=O) groups excluding carboxylic acids is 1. The summed E-state index contributed by atoms with van der Waals surface area (Å²) < 4.78 is 32.4. The van der Waals surface area contributed by atoms with E-state index in [4.69, 9.17) is 27.9 Å². The Morgan fingerprint density at radius 1 is 1.30 bits per heavy atom. The van der Waals surface area contributed by atoms with Crippen LogP contribution in [0.1, 0.15) is 36.7 Å². The van der Waals surface area contributed by atoms with Gasteiger partial charge in [-0.25, -0.2) is 8.42 Å².